The third-order valence-corrected chi connectivity index (χ3v) is 3.41. The smallest absolute Gasteiger partial charge is 0.345 e. The number of hydrogen-bond acceptors (Lipinski definition) is 3. The highest BCUT2D eigenvalue weighted by Crippen LogP contribution is 2.09. The fourth-order valence-corrected chi connectivity index (χ4v) is 2.27. The molecule has 5 heteroatoms. The molecule has 0 aliphatic carbocycles. The molecule has 17 heavy (non-hydrogen) atoms. The van der Waals surface area contributed by atoms with Gasteiger partial charge in [0.25, 0.3) is 0 Å². The fourth-order valence-electron chi connectivity index (χ4n) is 2.27. The number of rotatable bonds is 5. The lowest BCUT2D eigenvalue weighted by Gasteiger charge is -2.09. The van der Waals surface area contributed by atoms with Gasteiger partial charge in [-0.1, -0.05) is 6.92 Å². The summed E-state index contributed by atoms with van der Waals surface area (Å²) in [6, 6.07) is 0. The second-order valence-corrected chi connectivity index (χ2v) is 4.73. The average Bonchev–Trinajstić information content (AvgIpc) is 2.67. The lowest BCUT2D eigenvalue weighted by Crippen LogP contribution is -2.27. The van der Waals surface area contributed by atoms with Crippen molar-refractivity contribution >= 4 is 0 Å². The van der Waals surface area contributed by atoms with Crippen LogP contribution in [0.5, 0.6) is 0 Å². The van der Waals surface area contributed by atoms with Crippen LogP contribution in [-0.4, -0.2) is 25.6 Å². The van der Waals surface area contributed by atoms with E-state index < -0.39 is 0 Å². The van der Waals surface area contributed by atoms with E-state index in [4.69, 9.17) is 0 Å². The summed E-state index contributed by atoms with van der Waals surface area (Å²) in [6.07, 6.45) is 5.20. The average molecular weight is 239 g/mol. The normalized spacial score (nSPS) is 16.8. The fraction of sp³-hybridized carbons (Fsp3) is 0.833. The molecule has 1 aromatic heterocycles. The standard InChI is InChI=1S/C12H21N3O2/c1-2-10(16)6-5-9-15-12(17)14-8-4-3-7-11(14)13-15/h10,16H,2-9H2,1H3. The molecule has 2 rings (SSSR count). The topological polar surface area (TPSA) is 60.0 Å². The van der Waals surface area contributed by atoms with Crippen molar-refractivity contribution in [2.24, 2.45) is 0 Å². The van der Waals surface area contributed by atoms with Crippen molar-refractivity contribution in [3.8, 4) is 0 Å². The van der Waals surface area contributed by atoms with E-state index in [1.807, 2.05) is 6.92 Å². The SMILES string of the molecule is CCC(O)CCCn1nc2n(c1=O)CCCC2. The van der Waals surface area contributed by atoms with E-state index in [1.165, 1.54) is 0 Å². The van der Waals surface area contributed by atoms with Crippen molar-refractivity contribution in [1.82, 2.24) is 14.3 Å². The van der Waals surface area contributed by atoms with Crippen molar-refractivity contribution in [1.29, 1.82) is 0 Å². The third-order valence-electron chi connectivity index (χ3n) is 3.41. The Morgan fingerprint density at radius 3 is 3.00 bits per heavy atom. The number of aliphatic hydroxyl groups excluding tert-OH is 1. The maximum Gasteiger partial charge on any atom is 0.345 e. The van der Waals surface area contributed by atoms with Crippen LogP contribution in [0.1, 0.15) is 44.9 Å². The van der Waals surface area contributed by atoms with Gasteiger partial charge in [-0.3, -0.25) is 4.57 Å². The molecule has 0 amide bonds. The van der Waals surface area contributed by atoms with Crippen LogP contribution in [0.4, 0.5) is 0 Å². The van der Waals surface area contributed by atoms with Gasteiger partial charge in [0, 0.05) is 19.5 Å². The number of fused-ring (bicyclic) bond motifs is 1. The summed E-state index contributed by atoms with van der Waals surface area (Å²) >= 11 is 0. The molecule has 0 fully saturated rings. The summed E-state index contributed by atoms with van der Waals surface area (Å²) in [7, 11) is 0. The molecule has 1 N–H and O–H groups in total. The minimum atomic E-state index is -0.247. The van der Waals surface area contributed by atoms with Gasteiger partial charge in [-0.2, -0.15) is 5.10 Å². The third kappa shape index (κ3) is 2.77. The van der Waals surface area contributed by atoms with E-state index in [0.29, 0.717) is 6.54 Å². The summed E-state index contributed by atoms with van der Waals surface area (Å²) < 4.78 is 3.35. The second-order valence-electron chi connectivity index (χ2n) is 4.73. The van der Waals surface area contributed by atoms with Gasteiger partial charge in [0.15, 0.2) is 0 Å². The lowest BCUT2D eigenvalue weighted by atomic mass is 10.1. The molecule has 0 saturated heterocycles. The number of aryl methyl sites for hydroxylation is 2. The zero-order valence-electron chi connectivity index (χ0n) is 10.4. The van der Waals surface area contributed by atoms with Crippen LogP contribution in [0.3, 0.4) is 0 Å². The van der Waals surface area contributed by atoms with E-state index in [1.54, 1.807) is 9.25 Å². The Morgan fingerprint density at radius 2 is 2.29 bits per heavy atom. The van der Waals surface area contributed by atoms with Gasteiger partial charge in [0.2, 0.25) is 0 Å². The largest absolute Gasteiger partial charge is 0.393 e. The van der Waals surface area contributed by atoms with Crippen LogP contribution in [0.15, 0.2) is 4.79 Å². The first kappa shape index (κ1) is 12.4. The molecule has 96 valence electrons. The Bertz CT molecular complexity index is 422. The number of aromatic nitrogens is 3. The molecule has 0 bridgehead atoms. The number of nitrogens with zero attached hydrogens (tertiary/aromatic N) is 3. The minimum Gasteiger partial charge on any atom is -0.393 e. The van der Waals surface area contributed by atoms with Crippen LogP contribution in [0.2, 0.25) is 0 Å². The van der Waals surface area contributed by atoms with Gasteiger partial charge in [-0.25, -0.2) is 9.48 Å². The summed E-state index contributed by atoms with van der Waals surface area (Å²) in [5.41, 5.74) is 0.0192. The molecule has 5 nitrogen and oxygen atoms in total. The molecule has 1 atom stereocenters. The molecule has 0 radical (unpaired) electrons. The zero-order chi connectivity index (χ0) is 12.3. The highest BCUT2D eigenvalue weighted by Gasteiger charge is 2.16. The minimum absolute atomic E-state index is 0.0192. The molecular weight excluding hydrogens is 218 g/mol. The quantitative estimate of drug-likeness (QED) is 0.831. The van der Waals surface area contributed by atoms with E-state index in [-0.39, 0.29) is 11.8 Å². The Morgan fingerprint density at radius 1 is 1.47 bits per heavy atom. The van der Waals surface area contributed by atoms with E-state index in [2.05, 4.69) is 5.10 Å². The zero-order valence-corrected chi connectivity index (χ0v) is 10.4. The predicted octanol–water partition coefficient (Wildman–Crippen LogP) is 0.932. The molecule has 2 heterocycles. The first-order valence-corrected chi connectivity index (χ1v) is 6.57. The van der Waals surface area contributed by atoms with Crippen LogP contribution in [-0.2, 0) is 19.5 Å². The molecular formula is C12H21N3O2. The molecule has 1 aliphatic heterocycles. The Kier molecular flexibility index (Phi) is 3.99. The molecule has 0 spiro atoms. The van der Waals surface area contributed by atoms with Crippen molar-refractivity contribution in [2.45, 2.75) is 64.6 Å². The summed E-state index contributed by atoms with van der Waals surface area (Å²) in [4.78, 5) is 12.0. The molecule has 0 saturated carbocycles. The van der Waals surface area contributed by atoms with Crippen LogP contribution in [0.25, 0.3) is 0 Å². The predicted molar refractivity (Wildman–Crippen MR) is 65.0 cm³/mol. The van der Waals surface area contributed by atoms with Gasteiger partial charge in [-0.15, -0.1) is 0 Å². The maximum atomic E-state index is 12.0. The van der Waals surface area contributed by atoms with E-state index in [9.17, 15) is 9.90 Å². The van der Waals surface area contributed by atoms with Gasteiger partial charge in [-0.05, 0) is 32.1 Å². The van der Waals surface area contributed by atoms with E-state index >= 15 is 0 Å². The lowest BCUT2D eigenvalue weighted by molar-refractivity contribution is 0.155. The first-order valence-electron chi connectivity index (χ1n) is 6.57. The first-order chi connectivity index (χ1) is 8.22. The highest BCUT2D eigenvalue weighted by molar-refractivity contribution is 4.91. The van der Waals surface area contributed by atoms with Crippen LogP contribution in [0, 0.1) is 0 Å². The highest BCUT2D eigenvalue weighted by atomic mass is 16.3. The Hall–Kier alpha value is -1.10. The van der Waals surface area contributed by atoms with Crippen molar-refractivity contribution in [2.75, 3.05) is 0 Å². The molecule has 0 aromatic carbocycles. The summed E-state index contributed by atoms with van der Waals surface area (Å²) in [6.45, 7) is 3.40. The van der Waals surface area contributed by atoms with Crippen molar-refractivity contribution in [3.05, 3.63) is 16.3 Å². The van der Waals surface area contributed by atoms with Gasteiger partial charge < -0.3 is 5.11 Å². The molecule has 1 aliphatic rings. The molecule has 1 unspecified atom stereocenters. The van der Waals surface area contributed by atoms with Crippen LogP contribution < -0.4 is 5.69 Å². The maximum absolute atomic E-state index is 12.0. The van der Waals surface area contributed by atoms with Gasteiger partial charge in [0.05, 0.1) is 6.10 Å². The number of hydrogen-bond donors (Lipinski definition) is 1. The van der Waals surface area contributed by atoms with E-state index in [0.717, 1.165) is 50.9 Å². The second kappa shape index (κ2) is 5.49. The molecule has 1 aromatic rings. The number of aliphatic hydroxyl groups is 1. The summed E-state index contributed by atoms with van der Waals surface area (Å²) in [5.74, 6) is 0.928. The van der Waals surface area contributed by atoms with Crippen LogP contribution >= 0.6 is 0 Å². The Balaban J connectivity index is 1.97. The van der Waals surface area contributed by atoms with Gasteiger partial charge in [0.1, 0.15) is 5.82 Å². The van der Waals surface area contributed by atoms with Crippen molar-refractivity contribution in [3.63, 3.8) is 0 Å². The Labute approximate surface area is 101 Å². The van der Waals surface area contributed by atoms with Crippen molar-refractivity contribution < 1.29 is 5.11 Å². The monoisotopic (exact) mass is 239 g/mol. The van der Waals surface area contributed by atoms with Gasteiger partial charge >= 0.3 is 5.69 Å². The summed E-state index contributed by atoms with van der Waals surface area (Å²) in [5, 5.41) is 13.8.